The van der Waals surface area contributed by atoms with Crippen molar-refractivity contribution in [2.45, 2.75) is 51.8 Å². The van der Waals surface area contributed by atoms with Gasteiger partial charge in [0.15, 0.2) is 5.96 Å². The summed E-state index contributed by atoms with van der Waals surface area (Å²) in [7, 11) is 0. The van der Waals surface area contributed by atoms with E-state index in [4.69, 9.17) is 25.8 Å². The normalized spacial score (nSPS) is 10.9. The second kappa shape index (κ2) is 11.4. The lowest BCUT2D eigenvalue weighted by Crippen LogP contribution is -2.33. The van der Waals surface area contributed by atoms with Crippen LogP contribution in [-0.2, 0) is 9.53 Å². The monoisotopic (exact) mass is 358 g/mol. The van der Waals surface area contributed by atoms with Crippen molar-refractivity contribution in [3.05, 3.63) is 0 Å². The quantitative estimate of drug-likeness (QED) is 0.279. The van der Waals surface area contributed by atoms with Gasteiger partial charge in [0.1, 0.15) is 5.60 Å². The molecule has 6 N–H and O–H groups in total. The molecule has 24 heavy (non-hydrogen) atoms. The summed E-state index contributed by atoms with van der Waals surface area (Å²) < 4.78 is 36.8. The van der Waals surface area contributed by atoms with Gasteiger partial charge in [0.25, 0.3) is 0 Å². The Morgan fingerprint density at radius 2 is 1.50 bits per heavy atom. The Labute approximate surface area is 138 Å². The van der Waals surface area contributed by atoms with Crippen LogP contribution in [0.15, 0.2) is 0 Å². The standard InChI is InChI=1S/C11H24N4O2.C2HF3O2/c1-11(2,3)17-10(16)15-8-6-4-5-7-14-9(12)13;3-2(4,5)1(6)7/h4-8H2,1-3H3,(H,15,16)(H4,12,13,14);(H,6,7). The van der Waals surface area contributed by atoms with E-state index in [9.17, 15) is 18.0 Å². The molecule has 1 amide bonds. The van der Waals surface area contributed by atoms with Gasteiger partial charge >= 0.3 is 18.2 Å². The third kappa shape index (κ3) is 19.8. The Morgan fingerprint density at radius 3 is 1.83 bits per heavy atom. The number of rotatable bonds is 6. The van der Waals surface area contributed by atoms with Crippen molar-refractivity contribution in [2.75, 3.05) is 13.1 Å². The van der Waals surface area contributed by atoms with Crippen LogP contribution in [0.4, 0.5) is 18.0 Å². The highest BCUT2D eigenvalue weighted by Crippen LogP contribution is 2.13. The number of hydrogen-bond acceptors (Lipinski definition) is 4. The van der Waals surface area contributed by atoms with Crippen LogP contribution in [0.25, 0.3) is 0 Å². The maximum Gasteiger partial charge on any atom is 0.490 e. The van der Waals surface area contributed by atoms with Crippen molar-refractivity contribution in [1.29, 1.82) is 5.41 Å². The summed E-state index contributed by atoms with van der Waals surface area (Å²) in [5.41, 5.74) is 4.68. The highest BCUT2D eigenvalue weighted by molar-refractivity contribution is 5.74. The molecule has 0 aliphatic heterocycles. The Balaban J connectivity index is 0. The van der Waals surface area contributed by atoms with Crippen LogP contribution < -0.4 is 16.4 Å². The number of alkyl halides is 3. The molecule has 8 nitrogen and oxygen atoms in total. The van der Waals surface area contributed by atoms with Gasteiger partial charge in [0.05, 0.1) is 0 Å². The van der Waals surface area contributed by atoms with Crippen molar-refractivity contribution in [3.63, 3.8) is 0 Å². The summed E-state index contributed by atoms with van der Waals surface area (Å²) in [6.45, 7) is 6.80. The van der Waals surface area contributed by atoms with Gasteiger partial charge in [-0.05, 0) is 40.0 Å². The second-order valence-electron chi connectivity index (χ2n) is 5.63. The molecule has 0 rings (SSSR count). The van der Waals surface area contributed by atoms with E-state index in [2.05, 4.69) is 10.6 Å². The summed E-state index contributed by atoms with van der Waals surface area (Å²) in [6, 6.07) is 0. The molecule has 0 bridgehead atoms. The van der Waals surface area contributed by atoms with E-state index in [0.29, 0.717) is 13.1 Å². The molecule has 0 fully saturated rings. The van der Waals surface area contributed by atoms with E-state index in [-0.39, 0.29) is 12.1 Å². The minimum Gasteiger partial charge on any atom is -0.475 e. The zero-order valence-corrected chi connectivity index (χ0v) is 13.9. The van der Waals surface area contributed by atoms with Crippen molar-refractivity contribution in [1.82, 2.24) is 10.6 Å². The number of carbonyl (C=O) groups is 2. The number of carboxylic acid groups (broad SMARTS) is 1. The molecule has 142 valence electrons. The van der Waals surface area contributed by atoms with E-state index in [0.717, 1.165) is 19.3 Å². The number of ether oxygens (including phenoxy) is 1. The molecule has 0 spiro atoms. The molecule has 0 saturated carbocycles. The van der Waals surface area contributed by atoms with Gasteiger partial charge in [0, 0.05) is 13.1 Å². The Bertz CT molecular complexity index is 409. The number of amides is 1. The van der Waals surface area contributed by atoms with Gasteiger partial charge in [-0.25, -0.2) is 9.59 Å². The molecule has 0 aliphatic rings. The zero-order chi connectivity index (χ0) is 19.4. The van der Waals surface area contributed by atoms with Gasteiger partial charge in [-0.1, -0.05) is 0 Å². The predicted octanol–water partition coefficient (Wildman–Crippen LogP) is 1.80. The first kappa shape index (κ1) is 24.1. The Kier molecular flexibility index (Phi) is 11.4. The first-order chi connectivity index (χ1) is 10.8. The van der Waals surface area contributed by atoms with E-state index in [1.807, 2.05) is 20.8 Å². The Morgan fingerprint density at radius 1 is 1.08 bits per heavy atom. The van der Waals surface area contributed by atoms with E-state index in [1.165, 1.54) is 0 Å². The van der Waals surface area contributed by atoms with Crippen LogP contribution >= 0.6 is 0 Å². The average molecular weight is 358 g/mol. The average Bonchev–Trinajstić information content (AvgIpc) is 2.34. The lowest BCUT2D eigenvalue weighted by Gasteiger charge is -2.19. The van der Waals surface area contributed by atoms with Gasteiger partial charge in [-0.2, -0.15) is 13.2 Å². The van der Waals surface area contributed by atoms with Gasteiger partial charge in [0.2, 0.25) is 0 Å². The summed E-state index contributed by atoms with van der Waals surface area (Å²) in [5.74, 6) is -2.76. The van der Waals surface area contributed by atoms with Gasteiger partial charge in [-0.15, -0.1) is 0 Å². The molecule has 0 radical (unpaired) electrons. The highest BCUT2D eigenvalue weighted by Gasteiger charge is 2.38. The SMILES string of the molecule is CC(C)(C)OC(=O)NCCCCCNC(=N)N.O=C(O)C(F)(F)F. The first-order valence-corrected chi connectivity index (χ1v) is 7.10. The second-order valence-corrected chi connectivity index (χ2v) is 5.63. The summed E-state index contributed by atoms with van der Waals surface area (Å²) in [6.07, 6.45) is -2.68. The molecule has 0 aromatic carbocycles. The highest BCUT2D eigenvalue weighted by atomic mass is 19.4. The maximum absolute atomic E-state index is 11.2. The predicted molar refractivity (Wildman–Crippen MR) is 81.7 cm³/mol. The van der Waals surface area contributed by atoms with E-state index >= 15 is 0 Å². The van der Waals surface area contributed by atoms with Crippen molar-refractivity contribution < 1.29 is 32.6 Å². The third-order valence-electron chi connectivity index (χ3n) is 2.08. The van der Waals surface area contributed by atoms with Crippen molar-refractivity contribution in [2.24, 2.45) is 5.73 Å². The first-order valence-electron chi connectivity index (χ1n) is 7.10. The molecule has 0 heterocycles. The number of halogens is 3. The summed E-state index contributed by atoms with van der Waals surface area (Å²) in [4.78, 5) is 20.1. The molecule has 0 aromatic rings. The van der Waals surface area contributed by atoms with Crippen molar-refractivity contribution >= 4 is 18.0 Å². The summed E-state index contributed by atoms with van der Waals surface area (Å²) >= 11 is 0. The largest absolute Gasteiger partial charge is 0.490 e. The lowest BCUT2D eigenvalue weighted by molar-refractivity contribution is -0.192. The van der Waals surface area contributed by atoms with Crippen LogP contribution in [0.5, 0.6) is 0 Å². The number of carboxylic acids is 1. The minimum absolute atomic E-state index is 0.00289. The molecule has 0 atom stereocenters. The number of hydrogen-bond donors (Lipinski definition) is 5. The maximum atomic E-state index is 11.2. The summed E-state index contributed by atoms with van der Waals surface area (Å²) in [5, 5.41) is 19.5. The smallest absolute Gasteiger partial charge is 0.475 e. The van der Waals surface area contributed by atoms with Crippen LogP contribution in [0.2, 0.25) is 0 Å². The fourth-order valence-corrected chi connectivity index (χ4v) is 1.15. The molecular weight excluding hydrogens is 333 g/mol. The molecule has 0 saturated heterocycles. The number of carbonyl (C=O) groups excluding carboxylic acids is 1. The van der Waals surface area contributed by atoms with Gasteiger partial charge in [-0.3, -0.25) is 5.41 Å². The number of nitrogens with two attached hydrogens (primary N) is 1. The van der Waals surface area contributed by atoms with Crippen LogP contribution in [0.3, 0.4) is 0 Å². The van der Waals surface area contributed by atoms with E-state index in [1.54, 1.807) is 0 Å². The van der Waals surface area contributed by atoms with Crippen molar-refractivity contribution in [3.8, 4) is 0 Å². The number of guanidine groups is 1. The topological polar surface area (TPSA) is 138 Å². The molecule has 0 aromatic heterocycles. The third-order valence-corrected chi connectivity index (χ3v) is 2.08. The number of aliphatic carboxylic acids is 1. The van der Waals surface area contributed by atoms with Crippen LogP contribution in [0.1, 0.15) is 40.0 Å². The zero-order valence-electron chi connectivity index (χ0n) is 13.9. The fraction of sp³-hybridized carbons (Fsp3) is 0.769. The van der Waals surface area contributed by atoms with E-state index < -0.39 is 17.7 Å². The number of nitrogens with one attached hydrogen (secondary N) is 3. The van der Waals surface area contributed by atoms with Crippen LogP contribution in [-0.4, -0.2) is 48.0 Å². The number of alkyl carbamates (subject to hydrolysis) is 1. The number of unbranched alkanes of at least 4 members (excludes halogenated alkanes) is 2. The fourth-order valence-electron chi connectivity index (χ4n) is 1.15. The lowest BCUT2D eigenvalue weighted by atomic mass is 10.2. The molecule has 11 heteroatoms. The minimum atomic E-state index is -5.08. The molecule has 0 unspecified atom stereocenters. The Hall–Kier alpha value is -2.20. The molecular formula is C13H25F3N4O4. The van der Waals surface area contributed by atoms with Crippen LogP contribution in [0, 0.1) is 5.41 Å². The van der Waals surface area contributed by atoms with Gasteiger partial charge < -0.3 is 26.2 Å². The molecule has 0 aliphatic carbocycles.